The van der Waals surface area contributed by atoms with Gasteiger partial charge < -0.3 is 13.7 Å². The highest BCUT2D eigenvalue weighted by molar-refractivity contribution is 6.19. The Balaban J connectivity index is 0.985. The first kappa shape index (κ1) is 32.8. The topological polar surface area (TPSA) is 29.5 Å². The van der Waals surface area contributed by atoms with E-state index in [1.54, 1.807) is 0 Å². The van der Waals surface area contributed by atoms with Gasteiger partial charge in [-0.25, -0.2) is 0 Å². The lowest BCUT2D eigenvalue weighted by Crippen LogP contribution is -2.16. The van der Waals surface area contributed by atoms with Crippen LogP contribution in [0.2, 0.25) is 0 Å². The Kier molecular flexibility index (Phi) is 6.98. The molecular weight excluding hydrogens is 707 g/mol. The molecule has 2 aromatic heterocycles. The quantitative estimate of drug-likeness (QED) is 0.176. The summed E-state index contributed by atoms with van der Waals surface area (Å²) in [7, 11) is 0. The van der Waals surface area contributed by atoms with Crippen molar-refractivity contribution in [2.45, 2.75) is 19.3 Å². The Morgan fingerprint density at radius 3 is 1.83 bits per heavy atom. The Labute approximate surface area is 336 Å². The molecule has 0 atom stereocenters. The summed E-state index contributed by atoms with van der Waals surface area (Å²) in [6.07, 6.45) is 0. The molecule has 0 N–H and O–H groups in total. The summed E-state index contributed by atoms with van der Waals surface area (Å²) in [6, 6.07) is 67.7. The molecule has 0 fully saturated rings. The van der Waals surface area contributed by atoms with Gasteiger partial charge >= 0.3 is 0 Å². The molecule has 274 valence electrons. The van der Waals surface area contributed by atoms with Gasteiger partial charge in [-0.15, -0.1) is 0 Å². The fraction of sp³-hybridized carbons (Fsp3) is 0.0545. The maximum Gasteiger partial charge on any atom is 0.143 e. The average Bonchev–Trinajstić information content (AvgIpc) is 3.92. The molecule has 0 unspecified atom stereocenters. The van der Waals surface area contributed by atoms with Crippen LogP contribution in [0.3, 0.4) is 0 Å². The van der Waals surface area contributed by atoms with Crippen molar-refractivity contribution in [2.24, 2.45) is 0 Å². The first-order valence-corrected chi connectivity index (χ1v) is 20.0. The number of fused-ring (bicyclic) bond motifs is 11. The number of furan rings is 2. The highest BCUT2D eigenvalue weighted by atomic mass is 16.3. The van der Waals surface area contributed by atoms with Crippen LogP contribution in [0, 0.1) is 0 Å². The maximum atomic E-state index is 6.54. The van der Waals surface area contributed by atoms with Gasteiger partial charge in [-0.1, -0.05) is 141 Å². The zero-order valence-corrected chi connectivity index (χ0v) is 32.2. The predicted octanol–water partition coefficient (Wildman–Crippen LogP) is 15.7. The minimum Gasteiger partial charge on any atom is -0.456 e. The number of hydrogen-bond acceptors (Lipinski definition) is 3. The summed E-state index contributed by atoms with van der Waals surface area (Å²) >= 11 is 0. The van der Waals surface area contributed by atoms with Crippen LogP contribution in [-0.4, -0.2) is 0 Å². The average molecular weight is 744 g/mol. The Morgan fingerprint density at radius 2 is 1.00 bits per heavy atom. The monoisotopic (exact) mass is 743 g/mol. The number of rotatable bonds is 5. The minimum atomic E-state index is -0.0986. The van der Waals surface area contributed by atoms with Crippen LogP contribution in [-0.2, 0) is 5.41 Å². The van der Waals surface area contributed by atoms with E-state index in [4.69, 9.17) is 8.83 Å². The largest absolute Gasteiger partial charge is 0.456 e. The molecule has 2 heterocycles. The number of anilines is 3. The molecule has 58 heavy (non-hydrogen) atoms. The van der Waals surface area contributed by atoms with Gasteiger partial charge in [-0.05, 0) is 111 Å². The second-order valence-corrected chi connectivity index (χ2v) is 16.1. The number of benzene rings is 9. The van der Waals surface area contributed by atoms with E-state index in [9.17, 15) is 0 Å². The molecule has 1 aliphatic rings. The molecule has 11 aromatic rings. The fourth-order valence-corrected chi connectivity index (χ4v) is 9.76. The lowest BCUT2D eigenvalue weighted by atomic mass is 9.79. The van der Waals surface area contributed by atoms with Gasteiger partial charge in [0.05, 0.1) is 0 Å². The summed E-state index contributed by atoms with van der Waals surface area (Å²) in [5.74, 6) is 0. The van der Waals surface area contributed by atoms with E-state index in [1.165, 1.54) is 38.8 Å². The normalized spacial score (nSPS) is 13.1. The first-order valence-electron chi connectivity index (χ1n) is 20.0. The molecule has 0 spiro atoms. The Morgan fingerprint density at radius 1 is 0.397 bits per heavy atom. The number of para-hydroxylation sites is 1. The molecule has 0 amide bonds. The van der Waals surface area contributed by atoms with Crippen LogP contribution in [0.25, 0.3) is 88.0 Å². The van der Waals surface area contributed by atoms with E-state index in [0.717, 1.165) is 77.5 Å². The molecule has 0 radical (unpaired) electrons. The first-order chi connectivity index (χ1) is 28.5. The van der Waals surface area contributed by atoms with Crippen LogP contribution < -0.4 is 4.90 Å². The molecular formula is C55H37NO2. The highest BCUT2D eigenvalue weighted by Crippen LogP contribution is 2.52. The third kappa shape index (κ3) is 4.80. The van der Waals surface area contributed by atoms with Crippen molar-refractivity contribution >= 4 is 71.7 Å². The van der Waals surface area contributed by atoms with Crippen LogP contribution in [0.15, 0.2) is 197 Å². The number of hydrogen-bond donors (Lipinski definition) is 0. The standard InChI is InChI=1S/C55H37NO2/c1-55(2)48-18-7-5-13-43(48)45-17-9-16-41(53(45)55)36-23-28-38(29-24-36)56(39-30-32-50-47(33-39)44-14-6-8-19-49(44)57-50)37-26-21-35(22-27-37)40-15-10-20-51-52(40)46-31-25-34-11-3-4-12-42(34)54(46)58-51/h3-33H,1-2H3. The third-order valence-corrected chi connectivity index (χ3v) is 12.5. The van der Waals surface area contributed by atoms with Crippen molar-refractivity contribution in [1.82, 2.24) is 0 Å². The predicted molar refractivity (Wildman–Crippen MR) is 242 cm³/mol. The van der Waals surface area contributed by atoms with Crippen molar-refractivity contribution in [1.29, 1.82) is 0 Å². The van der Waals surface area contributed by atoms with E-state index < -0.39 is 0 Å². The van der Waals surface area contributed by atoms with E-state index in [-0.39, 0.29) is 5.41 Å². The van der Waals surface area contributed by atoms with Crippen LogP contribution in [0.4, 0.5) is 17.1 Å². The highest BCUT2D eigenvalue weighted by Gasteiger charge is 2.37. The van der Waals surface area contributed by atoms with Gasteiger partial charge in [-0.2, -0.15) is 0 Å². The molecule has 0 bridgehead atoms. The summed E-state index contributed by atoms with van der Waals surface area (Å²) in [6.45, 7) is 4.71. The molecule has 3 heteroatoms. The molecule has 1 aliphatic carbocycles. The summed E-state index contributed by atoms with van der Waals surface area (Å²) < 4.78 is 12.8. The van der Waals surface area contributed by atoms with Crippen LogP contribution >= 0.6 is 0 Å². The van der Waals surface area contributed by atoms with E-state index in [2.05, 4.69) is 195 Å². The van der Waals surface area contributed by atoms with Crippen molar-refractivity contribution in [3.63, 3.8) is 0 Å². The third-order valence-electron chi connectivity index (χ3n) is 12.5. The molecule has 3 nitrogen and oxygen atoms in total. The summed E-state index contributed by atoms with van der Waals surface area (Å²) in [5.41, 5.74) is 16.9. The smallest absolute Gasteiger partial charge is 0.143 e. The zero-order valence-electron chi connectivity index (χ0n) is 32.2. The Hall–Kier alpha value is -7.36. The van der Waals surface area contributed by atoms with E-state index in [1.807, 2.05) is 12.1 Å². The number of nitrogens with zero attached hydrogens (tertiary/aromatic N) is 1. The van der Waals surface area contributed by atoms with E-state index in [0.29, 0.717) is 0 Å². The SMILES string of the molecule is CC1(C)c2ccccc2-c2cccc(-c3ccc(N(c4ccc(-c5cccc6oc7c8ccccc8ccc7c56)cc4)c4ccc5oc6ccccc6c5c4)cc3)c21. The molecule has 0 saturated carbocycles. The van der Waals surface area contributed by atoms with Crippen molar-refractivity contribution < 1.29 is 8.83 Å². The molecule has 9 aromatic carbocycles. The van der Waals surface area contributed by atoms with Gasteiger partial charge in [0.2, 0.25) is 0 Å². The van der Waals surface area contributed by atoms with Crippen molar-refractivity contribution in [2.75, 3.05) is 4.90 Å². The Bertz CT molecular complexity index is 3420. The minimum absolute atomic E-state index is 0.0986. The summed E-state index contributed by atoms with van der Waals surface area (Å²) in [4.78, 5) is 2.35. The van der Waals surface area contributed by atoms with Gasteiger partial charge in [0.1, 0.15) is 22.3 Å². The van der Waals surface area contributed by atoms with Gasteiger partial charge in [0.15, 0.2) is 0 Å². The van der Waals surface area contributed by atoms with Crippen LogP contribution in [0.1, 0.15) is 25.0 Å². The lowest BCUT2D eigenvalue weighted by molar-refractivity contribution is 0.662. The lowest BCUT2D eigenvalue weighted by Gasteiger charge is -2.27. The molecule has 0 aliphatic heterocycles. The van der Waals surface area contributed by atoms with Crippen LogP contribution in [0.5, 0.6) is 0 Å². The van der Waals surface area contributed by atoms with E-state index >= 15 is 0 Å². The van der Waals surface area contributed by atoms with Crippen molar-refractivity contribution in [3.05, 3.63) is 199 Å². The molecule has 12 rings (SSSR count). The zero-order chi connectivity index (χ0) is 38.5. The second kappa shape index (κ2) is 12.3. The van der Waals surface area contributed by atoms with Gasteiger partial charge in [0, 0.05) is 49.4 Å². The van der Waals surface area contributed by atoms with Crippen molar-refractivity contribution in [3.8, 4) is 33.4 Å². The summed E-state index contributed by atoms with van der Waals surface area (Å²) in [5, 5.41) is 6.79. The maximum absolute atomic E-state index is 6.54. The fourth-order valence-electron chi connectivity index (χ4n) is 9.76. The van der Waals surface area contributed by atoms with Gasteiger partial charge in [-0.3, -0.25) is 0 Å². The van der Waals surface area contributed by atoms with Gasteiger partial charge in [0.25, 0.3) is 0 Å². The second-order valence-electron chi connectivity index (χ2n) is 16.1. The molecule has 0 saturated heterocycles.